The normalized spacial score (nSPS) is 13.1. The molecule has 0 saturated heterocycles. The Labute approximate surface area is 145 Å². The van der Waals surface area contributed by atoms with Crippen molar-refractivity contribution < 1.29 is 24.1 Å². The first kappa shape index (κ1) is 16.1. The average Bonchev–Trinajstić information content (AvgIpc) is 2.54. The van der Waals surface area contributed by atoms with Crippen molar-refractivity contribution in [1.29, 1.82) is 0 Å². The van der Waals surface area contributed by atoms with Crippen LogP contribution in [0, 0.1) is 0 Å². The maximum atomic E-state index is 12.1. The molecule has 1 aliphatic heterocycles. The molecule has 0 fully saturated rings. The minimum absolute atomic E-state index is 0.0202. The lowest BCUT2D eigenvalue weighted by molar-refractivity contribution is -0.0180. The number of carbonyl (C=O) groups is 1. The van der Waals surface area contributed by atoms with Crippen LogP contribution in [0.15, 0.2) is 34.8 Å². The first-order chi connectivity index (χ1) is 11.0. The molecular formula is C16H12BrClO5. The van der Waals surface area contributed by atoms with Crippen LogP contribution in [0.5, 0.6) is 11.5 Å². The molecule has 1 aliphatic rings. The fourth-order valence-electron chi connectivity index (χ4n) is 2.26. The van der Waals surface area contributed by atoms with E-state index in [4.69, 9.17) is 25.8 Å². The number of halogens is 2. The Morgan fingerprint density at radius 3 is 3.00 bits per heavy atom. The monoisotopic (exact) mass is 398 g/mol. The van der Waals surface area contributed by atoms with Crippen LogP contribution in [0.2, 0.25) is 5.02 Å². The van der Waals surface area contributed by atoms with E-state index in [-0.39, 0.29) is 24.7 Å². The van der Waals surface area contributed by atoms with E-state index in [9.17, 15) is 9.90 Å². The topological polar surface area (TPSA) is 65.0 Å². The van der Waals surface area contributed by atoms with Gasteiger partial charge in [-0.15, -0.1) is 0 Å². The molecule has 0 atom stereocenters. The number of ether oxygens (including phenoxy) is 3. The van der Waals surface area contributed by atoms with Crippen LogP contribution in [0.1, 0.15) is 21.5 Å². The van der Waals surface area contributed by atoms with Gasteiger partial charge in [0.15, 0.2) is 6.79 Å². The lowest BCUT2D eigenvalue weighted by Crippen LogP contribution is -2.14. The van der Waals surface area contributed by atoms with Crippen molar-refractivity contribution in [3.05, 3.63) is 56.5 Å². The summed E-state index contributed by atoms with van der Waals surface area (Å²) in [6.45, 7) is 0.513. The van der Waals surface area contributed by atoms with Gasteiger partial charge < -0.3 is 19.3 Å². The Hall–Kier alpha value is -1.76. The molecule has 0 unspecified atom stereocenters. The van der Waals surface area contributed by atoms with Crippen molar-refractivity contribution in [1.82, 2.24) is 0 Å². The molecule has 7 heteroatoms. The second-order valence-electron chi connectivity index (χ2n) is 4.90. The van der Waals surface area contributed by atoms with Gasteiger partial charge in [0.25, 0.3) is 0 Å². The molecule has 2 aromatic rings. The first-order valence-corrected chi connectivity index (χ1v) is 7.89. The van der Waals surface area contributed by atoms with Gasteiger partial charge in [0, 0.05) is 20.6 Å². The number of benzene rings is 2. The summed E-state index contributed by atoms with van der Waals surface area (Å²) in [6.07, 6.45) is 0. The van der Waals surface area contributed by atoms with Gasteiger partial charge in [-0.05, 0) is 30.3 Å². The number of hydrogen-bond acceptors (Lipinski definition) is 5. The Bertz CT molecular complexity index is 762. The van der Waals surface area contributed by atoms with Crippen molar-refractivity contribution in [2.75, 3.05) is 6.79 Å². The van der Waals surface area contributed by atoms with E-state index in [0.717, 1.165) is 5.56 Å². The first-order valence-electron chi connectivity index (χ1n) is 6.72. The summed E-state index contributed by atoms with van der Waals surface area (Å²) >= 11 is 9.31. The van der Waals surface area contributed by atoms with Crippen molar-refractivity contribution in [3.63, 3.8) is 0 Å². The number of phenols is 1. The third kappa shape index (κ3) is 3.60. The molecule has 5 nitrogen and oxygen atoms in total. The molecule has 1 heterocycles. The Morgan fingerprint density at radius 1 is 1.35 bits per heavy atom. The molecule has 0 radical (unpaired) electrons. The van der Waals surface area contributed by atoms with Gasteiger partial charge in [0.2, 0.25) is 0 Å². The number of rotatable bonds is 3. The predicted octanol–water partition coefficient (Wildman–Crippen LogP) is 4.03. The number of aromatic hydroxyl groups is 1. The van der Waals surface area contributed by atoms with E-state index in [1.165, 1.54) is 12.1 Å². The Morgan fingerprint density at radius 2 is 2.17 bits per heavy atom. The highest BCUT2D eigenvalue weighted by atomic mass is 79.9. The molecule has 1 N–H and O–H groups in total. The van der Waals surface area contributed by atoms with Gasteiger partial charge in [-0.25, -0.2) is 4.79 Å². The largest absolute Gasteiger partial charge is 0.507 e. The molecule has 0 bridgehead atoms. The molecule has 120 valence electrons. The summed E-state index contributed by atoms with van der Waals surface area (Å²) in [5.74, 6) is -0.160. The van der Waals surface area contributed by atoms with E-state index >= 15 is 0 Å². The van der Waals surface area contributed by atoms with E-state index in [2.05, 4.69) is 15.9 Å². The lowest BCUT2D eigenvalue weighted by atomic mass is 10.1. The average molecular weight is 400 g/mol. The quantitative estimate of drug-likeness (QED) is 0.789. The number of fused-ring (bicyclic) bond motifs is 1. The standard InChI is InChI=1S/C16H12BrClO5/c17-11-1-2-14(19)13(5-11)16(20)22-7-10-4-12(18)3-9-6-21-8-23-15(9)10/h1-5,19H,6-8H2. The zero-order chi connectivity index (χ0) is 16.4. The fraction of sp³-hybridized carbons (Fsp3) is 0.188. The molecule has 0 amide bonds. The SMILES string of the molecule is O=C(OCc1cc(Cl)cc2c1OCOC2)c1cc(Br)ccc1O. The molecular weight excluding hydrogens is 388 g/mol. The number of carbonyl (C=O) groups excluding carboxylic acids is 1. The van der Waals surface area contributed by atoms with Crippen molar-refractivity contribution in [2.24, 2.45) is 0 Å². The predicted molar refractivity (Wildman–Crippen MR) is 86.7 cm³/mol. The Balaban J connectivity index is 1.79. The van der Waals surface area contributed by atoms with E-state index in [0.29, 0.717) is 27.4 Å². The molecule has 0 aliphatic carbocycles. The third-order valence-electron chi connectivity index (χ3n) is 3.29. The highest BCUT2D eigenvalue weighted by Crippen LogP contribution is 2.32. The number of esters is 1. The maximum Gasteiger partial charge on any atom is 0.342 e. The summed E-state index contributed by atoms with van der Waals surface area (Å²) in [7, 11) is 0. The number of phenolic OH excluding ortho intramolecular Hbond substituents is 1. The molecule has 23 heavy (non-hydrogen) atoms. The van der Waals surface area contributed by atoms with Gasteiger partial charge in [0.1, 0.15) is 23.7 Å². The summed E-state index contributed by atoms with van der Waals surface area (Å²) in [4.78, 5) is 12.1. The zero-order valence-corrected chi connectivity index (χ0v) is 14.2. The van der Waals surface area contributed by atoms with Gasteiger partial charge in [0.05, 0.1) is 6.61 Å². The molecule has 0 saturated carbocycles. The van der Waals surface area contributed by atoms with Crippen LogP contribution in [0.3, 0.4) is 0 Å². The maximum absolute atomic E-state index is 12.1. The van der Waals surface area contributed by atoms with Crippen molar-refractivity contribution >= 4 is 33.5 Å². The van der Waals surface area contributed by atoms with E-state index < -0.39 is 5.97 Å². The molecule has 0 aromatic heterocycles. The van der Waals surface area contributed by atoms with Gasteiger partial charge in [-0.3, -0.25) is 0 Å². The molecule has 0 spiro atoms. The van der Waals surface area contributed by atoms with Crippen LogP contribution in [0.4, 0.5) is 0 Å². The van der Waals surface area contributed by atoms with Gasteiger partial charge in [-0.1, -0.05) is 27.5 Å². The lowest BCUT2D eigenvalue weighted by Gasteiger charge is -2.21. The minimum atomic E-state index is -0.635. The second-order valence-corrected chi connectivity index (χ2v) is 6.25. The minimum Gasteiger partial charge on any atom is -0.507 e. The molecule has 2 aromatic carbocycles. The summed E-state index contributed by atoms with van der Waals surface area (Å²) < 4.78 is 16.6. The summed E-state index contributed by atoms with van der Waals surface area (Å²) in [6, 6.07) is 7.98. The Kier molecular flexibility index (Phi) is 4.75. The fourth-order valence-corrected chi connectivity index (χ4v) is 2.88. The van der Waals surface area contributed by atoms with Crippen LogP contribution < -0.4 is 4.74 Å². The van der Waals surface area contributed by atoms with Gasteiger partial charge in [-0.2, -0.15) is 0 Å². The van der Waals surface area contributed by atoms with E-state index in [1.807, 2.05) is 0 Å². The second kappa shape index (κ2) is 6.78. The zero-order valence-electron chi connectivity index (χ0n) is 11.8. The highest BCUT2D eigenvalue weighted by molar-refractivity contribution is 9.10. The third-order valence-corrected chi connectivity index (χ3v) is 4.00. The van der Waals surface area contributed by atoms with Crippen LogP contribution in [-0.2, 0) is 22.7 Å². The number of hydrogen-bond donors (Lipinski definition) is 1. The summed E-state index contributed by atoms with van der Waals surface area (Å²) in [5, 5.41) is 10.3. The van der Waals surface area contributed by atoms with Crippen molar-refractivity contribution in [3.8, 4) is 11.5 Å². The van der Waals surface area contributed by atoms with Crippen molar-refractivity contribution in [2.45, 2.75) is 13.2 Å². The van der Waals surface area contributed by atoms with Crippen LogP contribution in [-0.4, -0.2) is 17.9 Å². The van der Waals surface area contributed by atoms with Crippen LogP contribution >= 0.6 is 27.5 Å². The smallest absolute Gasteiger partial charge is 0.342 e. The highest BCUT2D eigenvalue weighted by Gasteiger charge is 2.19. The molecule has 3 rings (SSSR count). The van der Waals surface area contributed by atoms with Crippen LogP contribution in [0.25, 0.3) is 0 Å². The van der Waals surface area contributed by atoms with Gasteiger partial charge >= 0.3 is 5.97 Å². The van der Waals surface area contributed by atoms with E-state index in [1.54, 1.807) is 18.2 Å². The summed E-state index contributed by atoms with van der Waals surface area (Å²) in [5.41, 5.74) is 1.54.